The maximum absolute atomic E-state index is 12.6. The number of nitrogens with zero attached hydrogens (tertiary/aromatic N) is 2. The molecule has 12 heteroatoms. The van der Waals surface area contributed by atoms with Gasteiger partial charge >= 0.3 is 5.97 Å². The van der Waals surface area contributed by atoms with Gasteiger partial charge in [0.05, 0.1) is 12.0 Å². The third-order valence-corrected chi connectivity index (χ3v) is 5.87. The number of aromatic nitrogens is 1. The maximum atomic E-state index is 12.6. The predicted molar refractivity (Wildman–Crippen MR) is 105 cm³/mol. The van der Waals surface area contributed by atoms with Crippen molar-refractivity contribution in [1.29, 1.82) is 0 Å². The van der Waals surface area contributed by atoms with Crippen molar-refractivity contribution in [2.45, 2.75) is 36.8 Å². The van der Waals surface area contributed by atoms with E-state index in [0.717, 1.165) is 9.47 Å². The molecule has 1 saturated carbocycles. The molecule has 3 N–H and O–H groups in total. The summed E-state index contributed by atoms with van der Waals surface area (Å²) >= 11 is 12.1. The number of hydrogen-bond donors (Lipinski definition) is 3. The molecule has 0 radical (unpaired) electrons. The fraction of sp³-hybridized carbons (Fsp3) is 0.500. The van der Waals surface area contributed by atoms with Crippen molar-refractivity contribution >= 4 is 41.0 Å². The van der Waals surface area contributed by atoms with E-state index in [1.165, 1.54) is 19.2 Å². The molecule has 1 aromatic rings. The number of carbonyl (C=O) groups excluding carboxylic acids is 3. The summed E-state index contributed by atoms with van der Waals surface area (Å²) < 4.78 is 11.1. The van der Waals surface area contributed by atoms with Gasteiger partial charge in [0.2, 0.25) is 5.91 Å². The van der Waals surface area contributed by atoms with Gasteiger partial charge in [-0.05, 0) is 12.0 Å². The number of aromatic hydroxyl groups is 2. The van der Waals surface area contributed by atoms with Crippen molar-refractivity contribution in [2.24, 2.45) is 5.92 Å². The van der Waals surface area contributed by atoms with Crippen LogP contribution in [0.15, 0.2) is 24.3 Å². The Morgan fingerprint density at radius 1 is 1.37 bits per heavy atom. The summed E-state index contributed by atoms with van der Waals surface area (Å²) in [6, 6.07) is 0.132. The number of rotatable bonds is 9. The van der Waals surface area contributed by atoms with E-state index in [1.807, 2.05) is 0 Å². The fourth-order valence-electron chi connectivity index (χ4n) is 3.18. The molecule has 5 unspecified atom stereocenters. The lowest BCUT2D eigenvalue weighted by Gasteiger charge is -2.47. The van der Waals surface area contributed by atoms with Crippen molar-refractivity contribution in [3.05, 3.63) is 24.3 Å². The first-order valence-electron chi connectivity index (χ1n) is 8.98. The summed E-state index contributed by atoms with van der Waals surface area (Å²) in [5, 5.41) is 21.8. The zero-order valence-corrected chi connectivity index (χ0v) is 17.5. The molecule has 2 fully saturated rings. The molecule has 2 heterocycles. The van der Waals surface area contributed by atoms with E-state index < -0.39 is 36.2 Å². The standard InChI is InChI=1S/C18H21Cl2N3O7/c1-8(6-19)14(18(28)30-7-22-11(24)3-4-12(22)25)23-15(20)13(17(23)27)21-16(26)9-5-10(9)29-2/h3-4,9-10,13-15,24-25H,1,5-7H2,2H3,(H,21,26). The molecule has 5 atom stereocenters. The largest absolute Gasteiger partial charge is 0.494 e. The molecule has 2 aliphatic rings. The Morgan fingerprint density at radius 2 is 2.00 bits per heavy atom. The van der Waals surface area contributed by atoms with Crippen LogP contribution in [0.3, 0.4) is 0 Å². The lowest BCUT2D eigenvalue weighted by Crippen LogP contribution is -2.72. The highest BCUT2D eigenvalue weighted by molar-refractivity contribution is 6.27. The van der Waals surface area contributed by atoms with Gasteiger partial charge in [0, 0.05) is 25.1 Å². The lowest BCUT2D eigenvalue weighted by molar-refractivity contribution is -0.165. The minimum absolute atomic E-state index is 0.151. The molecule has 0 aromatic carbocycles. The van der Waals surface area contributed by atoms with E-state index >= 15 is 0 Å². The van der Waals surface area contributed by atoms with Gasteiger partial charge in [-0.1, -0.05) is 18.2 Å². The molecule has 1 aromatic heterocycles. The number of amides is 2. The van der Waals surface area contributed by atoms with Crippen LogP contribution in [0.25, 0.3) is 0 Å². The second kappa shape index (κ2) is 8.75. The number of alkyl halides is 2. The summed E-state index contributed by atoms with van der Waals surface area (Å²) in [6.07, 6.45) is 0.391. The summed E-state index contributed by atoms with van der Waals surface area (Å²) in [5.41, 5.74) is -0.861. The molecule has 10 nitrogen and oxygen atoms in total. The number of nitrogens with one attached hydrogen (secondary N) is 1. The zero-order chi connectivity index (χ0) is 22.2. The van der Waals surface area contributed by atoms with E-state index in [9.17, 15) is 24.6 Å². The van der Waals surface area contributed by atoms with Crippen molar-refractivity contribution in [1.82, 2.24) is 14.8 Å². The highest BCUT2D eigenvalue weighted by atomic mass is 35.5. The van der Waals surface area contributed by atoms with Gasteiger partial charge in [-0.3, -0.25) is 9.59 Å². The number of halogens is 2. The van der Waals surface area contributed by atoms with Crippen LogP contribution in [0.1, 0.15) is 6.42 Å². The molecule has 164 valence electrons. The monoisotopic (exact) mass is 461 g/mol. The van der Waals surface area contributed by atoms with E-state index in [4.69, 9.17) is 32.7 Å². The van der Waals surface area contributed by atoms with Gasteiger partial charge < -0.3 is 29.9 Å². The maximum Gasteiger partial charge on any atom is 0.335 e. The van der Waals surface area contributed by atoms with Gasteiger partial charge in [0.15, 0.2) is 24.5 Å². The van der Waals surface area contributed by atoms with Crippen molar-refractivity contribution < 1.29 is 34.1 Å². The van der Waals surface area contributed by atoms with Gasteiger partial charge in [-0.15, -0.1) is 11.6 Å². The summed E-state index contributed by atoms with van der Waals surface area (Å²) in [4.78, 5) is 38.5. The Bertz CT molecular complexity index is 854. The molecule has 2 amide bonds. The SMILES string of the molecule is C=C(CCl)C(C(=O)OCn1c(O)ccc1O)N1C(=O)C(NC(=O)C2CC2OC)C1Cl. The quantitative estimate of drug-likeness (QED) is 0.160. The lowest BCUT2D eigenvalue weighted by atomic mass is 9.99. The number of esters is 1. The van der Waals surface area contributed by atoms with E-state index in [1.54, 1.807) is 0 Å². The van der Waals surface area contributed by atoms with E-state index in [-0.39, 0.29) is 41.1 Å². The molecule has 1 saturated heterocycles. The summed E-state index contributed by atoms with van der Waals surface area (Å²) in [5.74, 6) is -2.96. The molecule has 1 aliphatic heterocycles. The van der Waals surface area contributed by atoms with Crippen molar-refractivity contribution in [3.63, 3.8) is 0 Å². The number of likely N-dealkylation sites (tertiary alicyclic amines) is 1. The van der Waals surface area contributed by atoms with Crippen LogP contribution < -0.4 is 5.32 Å². The highest BCUT2D eigenvalue weighted by Crippen LogP contribution is 2.35. The highest BCUT2D eigenvalue weighted by Gasteiger charge is 2.55. The number of carbonyl (C=O) groups is 3. The van der Waals surface area contributed by atoms with Gasteiger partial charge in [-0.25, -0.2) is 9.36 Å². The van der Waals surface area contributed by atoms with Crippen LogP contribution in [-0.2, 0) is 30.6 Å². The van der Waals surface area contributed by atoms with Crippen LogP contribution in [0.5, 0.6) is 11.8 Å². The van der Waals surface area contributed by atoms with E-state index in [2.05, 4.69) is 11.9 Å². The second-order valence-electron chi connectivity index (χ2n) is 6.99. The van der Waals surface area contributed by atoms with Crippen LogP contribution >= 0.6 is 23.2 Å². The Labute approximate surface area is 181 Å². The van der Waals surface area contributed by atoms with Gasteiger partial charge in [-0.2, -0.15) is 0 Å². The molecule has 1 aliphatic carbocycles. The fourth-order valence-corrected chi connectivity index (χ4v) is 3.71. The first-order valence-corrected chi connectivity index (χ1v) is 9.95. The van der Waals surface area contributed by atoms with E-state index in [0.29, 0.717) is 6.42 Å². The average molecular weight is 462 g/mol. The van der Waals surface area contributed by atoms with Crippen molar-refractivity contribution in [2.75, 3.05) is 13.0 Å². The number of methoxy groups -OCH3 is 1. The smallest absolute Gasteiger partial charge is 0.335 e. The van der Waals surface area contributed by atoms with Gasteiger partial charge in [0.25, 0.3) is 5.91 Å². The minimum atomic E-state index is -1.29. The Hall–Kier alpha value is -2.43. The Kier molecular flexibility index (Phi) is 6.49. The number of ether oxygens (including phenoxy) is 2. The molecule has 0 spiro atoms. The Morgan fingerprint density at radius 3 is 2.50 bits per heavy atom. The Balaban J connectivity index is 1.65. The normalized spacial score (nSPS) is 26.0. The average Bonchev–Trinajstić information content (AvgIpc) is 3.46. The van der Waals surface area contributed by atoms with Crippen LogP contribution in [0, 0.1) is 5.92 Å². The molecular weight excluding hydrogens is 441 g/mol. The molecular formula is C18H21Cl2N3O7. The summed E-state index contributed by atoms with van der Waals surface area (Å²) in [7, 11) is 1.50. The summed E-state index contributed by atoms with van der Waals surface area (Å²) in [6.45, 7) is 3.19. The zero-order valence-electron chi connectivity index (χ0n) is 16.0. The van der Waals surface area contributed by atoms with Gasteiger partial charge in [0.1, 0.15) is 11.5 Å². The predicted octanol–water partition coefficient (Wildman–Crippen LogP) is 0.490. The number of hydrogen-bond acceptors (Lipinski definition) is 7. The second-order valence-corrected chi connectivity index (χ2v) is 7.70. The first-order chi connectivity index (χ1) is 14.2. The number of β-lactam (4-membered cyclic amide) rings is 1. The minimum Gasteiger partial charge on any atom is -0.494 e. The molecule has 30 heavy (non-hydrogen) atoms. The van der Waals surface area contributed by atoms with Crippen LogP contribution in [-0.4, -0.2) is 74.1 Å². The molecule has 0 bridgehead atoms. The first kappa shape index (κ1) is 22.3. The third-order valence-electron chi connectivity index (χ3n) is 5.06. The van der Waals surface area contributed by atoms with Crippen LogP contribution in [0.2, 0.25) is 0 Å². The third kappa shape index (κ3) is 4.07. The van der Waals surface area contributed by atoms with Crippen LogP contribution in [0.4, 0.5) is 0 Å². The topological polar surface area (TPSA) is 130 Å². The molecule has 3 rings (SSSR count). The van der Waals surface area contributed by atoms with Crippen molar-refractivity contribution in [3.8, 4) is 11.8 Å².